The van der Waals surface area contributed by atoms with Crippen molar-refractivity contribution in [1.82, 2.24) is 4.98 Å². The molecule has 72 valence electrons. The van der Waals surface area contributed by atoms with E-state index in [0.717, 1.165) is 12.2 Å². The van der Waals surface area contributed by atoms with Crippen molar-refractivity contribution < 1.29 is 0 Å². The van der Waals surface area contributed by atoms with Crippen molar-refractivity contribution in [3.8, 4) is 6.07 Å². The molecule has 1 unspecified atom stereocenters. The van der Waals surface area contributed by atoms with Crippen molar-refractivity contribution in [3.63, 3.8) is 0 Å². The lowest BCUT2D eigenvalue weighted by atomic mass is 10.2. The van der Waals surface area contributed by atoms with Gasteiger partial charge in [-0.2, -0.15) is 5.26 Å². The maximum Gasteiger partial charge on any atom is 0.142 e. The van der Waals surface area contributed by atoms with Crippen LogP contribution in [0, 0.1) is 11.3 Å². The topological polar surface area (TPSA) is 39.9 Å². The third kappa shape index (κ3) is 1.56. The molecule has 0 amide bonds. The van der Waals surface area contributed by atoms with Gasteiger partial charge in [0.1, 0.15) is 11.8 Å². The Hall–Kier alpha value is -1.56. The minimum Gasteiger partial charge on any atom is -0.369 e. The van der Waals surface area contributed by atoms with Gasteiger partial charge in [0.15, 0.2) is 0 Å². The van der Waals surface area contributed by atoms with Crippen LogP contribution in [0.5, 0.6) is 0 Å². The summed E-state index contributed by atoms with van der Waals surface area (Å²) in [6.45, 7) is 3.32. The Balaban J connectivity index is 2.28. The number of pyridine rings is 1. The smallest absolute Gasteiger partial charge is 0.142 e. The van der Waals surface area contributed by atoms with Crippen LogP contribution < -0.4 is 4.90 Å². The summed E-state index contributed by atoms with van der Waals surface area (Å²) in [5.41, 5.74) is 1.63. The molecule has 0 radical (unpaired) electrons. The van der Waals surface area contributed by atoms with Crippen molar-refractivity contribution in [3.05, 3.63) is 24.0 Å². The summed E-state index contributed by atoms with van der Waals surface area (Å²) in [5.74, 6) is 0. The highest BCUT2D eigenvalue weighted by Crippen LogP contribution is 2.24. The number of aromatic nitrogens is 1. The van der Waals surface area contributed by atoms with Crippen molar-refractivity contribution in [2.24, 2.45) is 0 Å². The predicted octanol–water partition coefficient (Wildman–Crippen LogP) is 1.94. The van der Waals surface area contributed by atoms with Crippen LogP contribution in [-0.2, 0) is 0 Å². The summed E-state index contributed by atoms with van der Waals surface area (Å²) in [5, 5.41) is 8.74. The molecule has 2 rings (SSSR count). The van der Waals surface area contributed by atoms with Gasteiger partial charge in [-0.1, -0.05) is 0 Å². The zero-order chi connectivity index (χ0) is 9.97. The first-order chi connectivity index (χ1) is 6.81. The number of anilines is 1. The average molecular weight is 187 g/mol. The van der Waals surface area contributed by atoms with Gasteiger partial charge in [0.2, 0.25) is 0 Å². The summed E-state index contributed by atoms with van der Waals surface area (Å²) in [6, 6.07) is 6.49. The Labute approximate surface area is 84.0 Å². The van der Waals surface area contributed by atoms with Gasteiger partial charge < -0.3 is 4.90 Å². The molecule has 1 aromatic heterocycles. The molecule has 1 saturated heterocycles. The van der Waals surface area contributed by atoms with E-state index in [4.69, 9.17) is 5.26 Å². The summed E-state index contributed by atoms with van der Waals surface area (Å²) in [4.78, 5) is 6.30. The van der Waals surface area contributed by atoms with E-state index < -0.39 is 0 Å². The van der Waals surface area contributed by atoms with Crippen LogP contribution in [0.25, 0.3) is 0 Å². The standard InChI is InChI=1S/C11H13N3/c1-9-3-2-6-14(9)11-4-5-13-10(7-11)8-12/h4-5,7,9H,2-3,6H2,1H3. The fourth-order valence-corrected chi connectivity index (χ4v) is 1.98. The molecule has 0 saturated carbocycles. The number of nitrogens with zero attached hydrogens (tertiary/aromatic N) is 3. The Bertz CT molecular complexity index is 367. The highest BCUT2D eigenvalue weighted by Gasteiger charge is 2.20. The maximum atomic E-state index is 8.74. The average Bonchev–Trinajstić information content (AvgIpc) is 2.65. The molecule has 0 N–H and O–H groups in total. The highest BCUT2D eigenvalue weighted by molar-refractivity contribution is 5.50. The zero-order valence-electron chi connectivity index (χ0n) is 8.27. The molecule has 2 heterocycles. The van der Waals surface area contributed by atoms with Crippen LogP contribution in [0.1, 0.15) is 25.5 Å². The van der Waals surface area contributed by atoms with Crippen LogP contribution in [0.3, 0.4) is 0 Å². The lowest BCUT2D eigenvalue weighted by Gasteiger charge is -2.23. The van der Waals surface area contributed by atoms with Crippen molar-refractivity contribution in [2.45, 2.75) is 25.8 Å². The monoisotopic (exact) mass is 187 g/mol. The minimum absolute atomic E-state index is 0.501. The van der Waals surface area contributed by atoms with E-state index in [1.807, 2.05) is 12.1 Å². The van der Waals surface area contributed by atoms with Crippen molar-refractivity contribution >= 4 is 5.69 Å². The molecule has 0 aliphatic carbocycles. The van der Waals surface area contributed by atoms with Crippen LogP contribution >= 0.6 is 0 Å². The number of rotatable bonds is 1. The van der Waals surface area contributed by atoms with Gasteiger partial charge in [0.05, 0.1) is 0 Å². The van der Waals surface area contributed by atoms with Crippen LogP contribution in [-0.4, -0.2) is 17.6 Å². The van der Waals surface area contributed by atoms with Crippen molar-refractivity contribution in [1.29, 1.82) is 5.26 Å². The van der Waals surface area contributed by atoms with Crippen LogP contribution in [0.15, 0.2) is 18.3 Å². The SMILES string of the molecule is CC1CCCN1c1ccnc(C#N)c1. The molecule has 0 spiro atoms. The van der Waals surface area contributed by atoms with E-state index >= 15 is 0 Å². The molecule has 14 heavy (non-hydrogen) atoms. The van der Waals surface area contributed by atoms with Gasteiger partial charge in [-0.3, -0.25) is 0 Å². The van der Waals surface area contributed by atoms with Crippen molar-refractivity contribution in [2.75, 3.05) is 11.4 Å². The van der Waals surface area contributed by atoms with E-state index in [9.17, 15) is 0 Å². The third-order valence-corrected chi connectivity index (χ3v) is 2.74. The Morgan fingerprint density at radius 3 is 3.14 bits per heavy atom. The van der Waals surface area contributed by atoms with E-state index in [0.29, 0.717) is 11.7 Å². The van der Waals surface area contributed by atoms with E-state index in [1.54, 1.807) is 6.20 Å². The lowest BCUT2D eigenvalue weighted by Crippen LogP contribution is -2.26. The molecule has 3 nitrogen and oxygen atoms in total. The van der Waals surface area contributed by atoms with Gasteiger partial charge in [-0.05, 0) is 31.9 Å². The maximum absolute atomic E-state index is 8.74. The molecule has 0 bridgehead atoms. The van der Waals surface area contributed by atoms with Crippen LogP contribution in [0.4, 0.5) is 5.69 Å². The van der Waals surface area contributed by atoms with E-state index in [2.05, 4.69) is 22.9 Å². The number of nitriles is 1. The van der Waals surface area contributed by atoms with Gasteiger partial charge in [0.25, 0.3) is 0 Å². The quantitative estimate of drug-likeness (QED) is 0.674. The molecule has 1 aliphatic heterocycles. The fourth-order valence-electron chi connectivity index (χ4n) is 1.98. The number of hydrogen-bond donors (Lipinski definition) is 0. The lowest BCUT2D eigenvalue weighted by molar-refractivity contribution is 0.734. The molecule has 1 aliphatic rings. The number of hydrogen-bond acceptors (Lipinski definition) is 3. The highest BCUT2D eigenvalue weighted by atomic mass is 15.2. The summed E-state index contributed by atoms with van der Waals surface area (Å²) in [6.07, 6.45) is 4.19. The summed E-state index contributed by atoms with van der Waals surface area (Å²) in [7, 11) is 0. The summed E-state index contributed by atoms with van der Waals surface area (Å²) < 4.78 is 0. The van der Waals surface area contributed by atoms with E-state index in [-0.39, 0.29) is 0 Å². The molecule has 1 fully saturated rings. The normalized spacial score (nSPS) is 20.9. The van der Waals surface area contributed by atoms with Gasteiger partial charge in [-0.15, -0.1) is 0 Å². The molecule has 0 aromatic carbocycles. The Kier molecular flexibility index (Phi) is 2.36. The first-order valence-electron chi connectivity index (χ1n) is 4.94. The predicted molar refractivity (Wildman–Crippen MR) is 55.0 cm³/mol. The second kappa shape index (κ2) is 3.67. The van der Waals surface area contributed by atoms with Gasteiger partial charge in [-0.25, -0.2) is 4.98 Å². The first kappa shape index (κ1) is 9.01. The summed E-state index contributed by atoms with van der Waals surface area (Å²) >= 11 is 0. The second-order valence-electron chi connectivity index (χ2n) is 3.70. The fraction of sp³-hybridized carbons (Fsp3) is 0.455. The van der Waals surface area contributed by atoms with Gasteiger partial charge >= 0.3 is 0 Å². The molecule has 1 aromatic rings. The molecule has 1 atom stereocenters. The Morgan fingerprint density at radius 1 is 1.64 bits per heavy atom. The first-order valence-corrected chi connectivity index (χ1v) is 4.94. The molecular formula is C11H13N3. The third-order valence-electron chi connectivity index (χ3n) is 2.74. The largest absolute Gasteiger partial charge is 0.369 e. The van der Waals surface area contributed by atoms with E-state index in [1.165, 1.54) is 12.8 Å². The zero-order valence-corrected chi connectivity index (χ0v) is 8.27. The van der Waals surface area contributed by atoms with Gasteiger partial charge in [0, 0.05) is 24.5 Å². The molecule has 3 heteroatoms. The second-order valence-corrected chi connectivity index (χ2v) is 3.70. The Morgan fingerprint density at radius 2 is 2.50 bits per heavy atom. The molecular weight excluding hydrogens is 174 g/mol. The van der Waals surface area contributed by atoms with Crippen LogP contribution in [0.2, 0.25) is 0 Å². The minimum atomic E-state index is 0.501.